The van der Waals surface area contributed by atoms with E-state index in [0.29, 0.717) is 16.4 Å². The van der Waals surface area contributed by atoms with Crippen LogP contribution in [0.2, 0.25) is 5.02 Å². The number of carbonyl (C=O) groups excluding carboxylic acids is 2. The minimum Gasteiger partial charge on any atom is -0.330 e. The molecule has 2 amide bonds. The SMILES string of the molecule is NCCC(=O)Nc1cc(Cl)ccc1NC(=O)c1cccc(F)c1. The molecule has 0 bridgehead atoms. The fraction of sp³-hybridized carbons (Fsp3) is 0.125. The highest BCUT2D eigenvalue weighted by Gasteiger charge is 2.12. The van der Waals surface area contributed by atoms with Gasteiger partial charge in [-0.2, -0.15) is 0 Å². The highest BCUT2D eigenvalue weighted by molar-refractivity contribution is 6.31. The van der Waals surface area contributed by atoms with Crippen LogP contribution in [0.15, 0.2) is 42.5 Å². The first-order valence-corrected chi connectivity index (χ1v) is 7.24. The Balaban J connectivity index is 2.22. The summed E-state index contributed by atoms with van der Waals surface area (Å²) in [4.78, 5) is 23.9. The second kappa shape index (κ2) is 7.71. The van der Waals surface area contributed by atoms with Gasteiger partial charge in [-0.3, -0.25) is 9.59 Å². The lowest BCUT2D eigenvalue weighted by Gasteiger charge is -2.13. The predicted octanol–water partition coefficient (Wildman–Crippen LogP) is 3.02. The normalized spacial score (nSPS) is 10.2. The quantitative estimate of drug-likeness (QED) is 0.785. The summed E-state index contributed by atoms with van der Waals surface area (Å²) in [7, 11) is 0. The van der Waals surface area contributed by atoms with Gasteiger partial charge in [0.1, 0.15) is 5.82 Å². The molecule has 2 aromatic rings. The number of nitrogens with one attached hydrogen (secondary N) is 2. The molecule has 0 saturated heterocycles. The first-order valence-electron chi connectivity index (χ1n) is 6.86. The van der Waals surface area contributed by atoms with E-state index >= 15 is 0 Å². The molecule has 0 saturated carbocycles. The molecule has 5 nitrogen and oxygen atoms in total. The Bertz CT molecular complexity index is 737. The number of hydrogen-bond donors (Lipinski definition) is 3. The maximum Gasteiger partial charge on any atom is 0.255 e. The van der Waals surface area contributed by atoms with Crippen molar-refractivity contribution in [1.29, 1.82) is 0 Å². The summed E-state index contributed by atoms with van der Waals surface area (Å²) in [6.45, 7) is 0.206. The van der Waals surface area contributed by atoms with Crippen LogP contribution in [0.25, 0.3) is 0 Å². The number of benzene rings is 2. The van der Waals surface area contributed by atoms with Crippen LogP contribution in [-0.4, -0.2) is 18.4 Å². The number of halogens is 2. The molecule has 23 heavy (non-hydrogen) atoms. The van der Waals surface area contributed by atoms with Gasteiger partial charge in [0, 0.05) is 23.6 Å². The molecular formula is C16H15ClFN3O2. The maximum absolute atomic E-state index is 13.2. The fourth-order valence-electron chi connectivity index (χ4n) is 1.90. The van der Waals surface area contributed by atoms with Gasteiger partial charge in [-0.15, -0.1) is 0 Å². The Morgan fingerprint density at radius 3 is 2.57 bits per heavy atom. The Kier molecular flexibility index (Phi) is 5.67. The Hall–Kier alpha value is -2.44. The molecule has 0 aliphatic rings. The van der Waals surface area contributed by atoms with Gasteiger partial charge < -0.3 is 16.4 Å². The summed E-state index contributed by atoms with van der Waals surface area (Å²) in [5, 5.41) is 5.65. The number of rotatable bonds is 5. The van der Waals surface area contributed by atoms with E-state index in [2.05, 4.69) is 10.6 Å². The zero-order valence-electron chi connectivity index (χ0n) is 12.1. The van der Waals surface area contributed by atoms with Gasteiger partial charge in [0.2, 0.25) is 5.91 Å². The van der Waals surface area contributed by atoms with Crippen molar-refractivity contribution >= 4 is 34.8 Å². The van der Waals surface area contributed by atoms with Crippen molar-refractivity contribution in [3.63, 3.8) is 0 Å². The molecule has 0 spiro atoms. The summed E-state index contributed by atoms with van der Waals surface area (Å²) in [5.41, 5.74) is 6.20. The first kappa shape index (κ1) is 16.9. The topological polar surface area (TPSA) is 84.2 Å². The maximum atomic E-state index is 13.2. The monoisotopic (exact) mass is 335 g/mol. The van der Waals surface area contributed by atoms with Crippen LogP contribution in [0.5, 0.6) is 0 Å². The fourth-order valence-corrected chi connectivity index (χ4v) is 2.07. The van der Waals surface area contributed by atoms with Crippen molar-refractivity contribution in [2.45, 2.75) is 6.42 Å². The molecule has 0 radical (unpaired) electrons. The van der Waals surface area contributed by atoms with Crippen molar-refractivity contribution in [2.75, 3.05) is 17.2 Å². The molecule has 7 heteroatoms. The van der Waals surface area contributed by atoms with Crippen molar-refractivity contribution in [3.8, 4) is 0 Å². The molecule has 0 unspecified atom stereocenters. The third-order valence-corrected chi connectivity index (χ3v) is 3.20. The standard InChI is InChI=1S/C16H15ClFN3O2/c17-11-4-5-13(14(9-11)20-15(22)6-7-19)21-16(23)10-2-1-3-12(18)8-10/h1-5,8-9H,6-7,19H2,(H,20,22)(H,21,23). The molecule has 0 fully saturated rings. The number of nitrogens with two attached hydrogens (primary N) is 1. The van der Waals surface area contributed by atoms with Crippen molar-refractivity contribution in [1.82, 2.24) is 0 Å². The van der Waals surface area contributed by atoms with E-state index in [1.54, 1.807) is 12.1 Å². The van der Waals surface area contributed by atoms with Crippen LogP contribution in [0.4, 0.5) is 15.8 Å². The minimum atomic E-state index is -0.509. The smallest absolute Gasteiger partial charge is 0.255 e. The molecule has 0 atom stereocenters. The third-order valence-electron chi connectivity index (χ3n) is 2.96. The molecule has 0 aromatic heterocycles. The van der Waals surface area contributed by atoms with Crippen LogP contribution in [0.1, 0.15) is 16.8 Å². The number of carbonyl (C=O) groups is 2. The first-order chi connectivity index (χ1) is 11.0. The molecule has 0 heterocycles. The summed E-state index contributed by atoms with van der Waals surface area (Å²) in [5.74, 6) is -1.30. The Morgan fingerprint density at radius 1 is 1.09 bits per heavy atom. The van der Waals surface area contributed by atoms with E-state index in [9.17, 15) is 14.0 Å². The third kappa shape index (κ3) is 4.77. The van der Waals surface area contributed by atoms with Crippen molar-refractivity contribution in [3.05, 3.63) is 58.9 Å². The molecular weight excluding hydrogens is 321 g/mol. The molecule has 2 rings (SSSR count). The van der Waals surface area contributed by atoms with E-state index in [1.165, 1.54) is 24.3 Å². The second-order valence-corrected chi connectivity index (χ2v) is 5.18. The lowest BCUT2D eigenvalue weighted by molar-refractivity contribution is -0.116. The van der Waals surface area contributed by atoms with E-state index in [0.717, 1.165) is 6.07 Å². The Morgan fingerprint density at radius 2 is 1.87 bits per heavy atom. The van der Waals surface area contributed by atoms with Gasteiger partial charge in [-0.1, -0.05) is 17.7 Å². The molecule has 0 aliphatic heterocycles. The van der Waals surface area contributed by atoms with Crippen LogP contribution in [-0.2, 0) is 4.79 Å². The Labute approximate surface area is 137 Å². The van der Waals surface area contributed by atoms with Gasteiger partial charge in [0.05, 0.1) is 11.4 Å². The van der Waals surface area contributed by atoms with Gasteiger partial charge >= 0.3 is 0 Å². The molecule has 2 aromatic carbocycles. The van der Waals surface area contributed by atoms with Crippen LogP contribution < -0.4 is 16.4 Å². The number of anilines is 2. The molecule has 120 valence electrons. The zero-order chi connectivity index (χ0) is 16.8. The van der Waals surface area contributed by atoms with Crippen LogP contribution >= 0.6 is 11.6 Å². The van der Waals surface area contributed by atoms with Gasteiger partial charge in [-0.05, 0) is 36.4 Å². The summed E-state index contributed by atoms with van der Waals surface area (Å²) >= 11 is 5.91. The average Bonchev–Trinajstić information content (AvgIpc) is 2.50. The van der Waals surface area contributed by atoms with E-state index in [-0.39, 0.29) is 24.4 Å². The van der Waals surface area contributed by atoms with Crippen molar-refractivity contribution in [2.24, 2.45) is 5.73 Å². The average molecular weight is 336 g/mol. The lowest BCUT2D eigenvalue weighted by atomic mass is 10.2. The van der Waals surface area contributed by atoms with Gasteiger partial charge in [0.15, 0.2) is 0 Å². The van der Waals surface area contributed by atoms with Crippen LogP contribution in [0, 0.1) is 5.82 Å². The number of hydrogen-bond acceptors (Lipinski definition) is 3. The van der Waals surface area contributed by atoms with Crippen molar-refractivity contribution < 1.29 is 14.0 Å². The largest absolute Gasteiger partial charge is 0.330 e. The summed E-state index contributed by atoms with van der Waals surface area (Å²) in [6.07, 6.45) is 0.143. The predicted molar refractivity (Wildman–Crippen MR) is 88.1 cm³/mol. The molecule has 0 aliphatic carbocycles. The van der Waals surface area contributed by atoms with E-state index in [4.69, 9.17) is 17.3 Å². The van der Waals surface area contributed by atoms with E-state index < -0.39 is 11.7 Å². The van der Waals surface area contributed by atoms with Gasteiger partial charge in [-0.25, -0.2) is 4.39 Å². The van der Waals surface area contributed by atoms with Gasteiger partial charge in [0.25, 0.3) is 5.91 Å². The number of amides is 2. The molecule has 4 N–H and O–H groups in total. The minimum absolute atomic E-state index is 0.143. The lowest BCUT2D eigenvalue weighted by Crippen LogP contribution is -2.19. The second-order valence-electron chi connectivity index (χ2n) is 4.74. The summed E-state index contributed by atoms with van der Waals surface area (Å²) < 4.78 is 13.2. The highest BCUT2D eigenvalue weighted by atomic mass is 35.5. The van der Waals surface area contributed by atoms with E-state index in [1.807, 2.05) is 0 Å². The highest BCUT2D eigenvalue weighted by Crippen LogP contribution is 2.26. The summed E-state index contributed by atoms with van der Waals surface area (Å²) in [6, 6.07) is 9.93. The zero-order valence-corrected chi connectivity index (χ0v) is 12.9. The van der Waals surface area contributed by atoms with Crippen LogP contribution in [0.3, 0.4) is 0 Å².